The molecule has 0 N–H and O–H groups in total. The molecule has 6 heteroatoms. The number of fused-ring (bicyclic) bond motifs is 1. The Bertz CT molecular complexity index is 1570. The van der Waals surface area contributed by atoms with E-state index in [-0.39, 0.29) is 5.91 Å². The number of para-hydroxylation sites is 1. The monoisotopic (exact) mass is 536 g/mol. The fourth-order valence-electron chi connectivity index (χ4n) is 4.68. The van der Waals surface area contributed by atoms with Crippen LogP contribution in [0.3, 0.4) is 0 Å². The summed E-state index contributed by atoms with van der Waals surface area (Å²) in [5.74, 6) is 1.28. The molecule has 1 aliphatic rings. The summed E-state index contributed by atoms with van der Waals surface area (Å²) in [6, 6.07) is 26.4. The number of benzene rings is 4. The van der Waals surface area contributed by atoms with Crippen molar-refractivity contribution in [3.05, 3.63) is 106 Å². The minimum Gasteiger partial charge on any atom is -0.490 e. The van der Waals surface area contributed by atoms with Crippen molar-refractivity contribution in [3.8, 4) is 11.5 Å². The topological polar surface area (TPSA) is 51.1 Å². The van der Waals surface area contributed by atoms with E-state index in [1.807, 2.05) is 88.4 Å². The largest absolute Gasteiger partial charge is 0.490 e. The van der Waals surface area contributed by atoms with Gasteiger partial charge in [-0.3, -0.25) is 9.69 Å². The zero-order valence-electron chi connectivity index (χ0n) is 22.7. The molecule has 0 saturated carbocycles. The zero-order chi connectivity index (χ0) is 27.4. The van der Waals surface area contributed by atoms with E-state index < -0.39 is 0 Å². The van der Waals surface area contributed by atoms with E-state index in [2.05, 4.69) is 24.3 Å². The van der Waals surface area contributed by atoms with Gasteiger partial charge in [0.25, 0.3) is 5.91 Å². The van der Waals surface area contributed by atoms with Crippen LogP contribution in [0.25, 0.3) is 16.8 Å². The molecule has 1 fully saturated rings. The van der Waals surface area contributed by atoms with Crippen molar-refractivity contribution < 1.29 is 14.3 Å². The summed E-state index contributed by atoms with van der Waals surface area (Å²) in [6.07, 6.45) is 1.90. The summed E-state index contributed by atoms with van der Waals surface area (Å²) in [5.41, 5.74) is 5.08. The highest BCUT2D eigenvalue weighted by Crippen LogP contribution is 2.37. The Morgan fingerprint density at radius 3 is 2.38 bits per heavy atom. The Balaban J connectivity index is 1.40. The fraction of sp³-hybridized carbons (Fsp3) is 0.212. The standard InChI is InChI=1S/C33H32N2O3S/c1-5-35-32(36)30(39-33(35)34-31-22(3)11-9-12-23(31)4)20-24-17-18-28(29(19-24)37-6-2)38-21-26-15-10-14-25-13-7-8-16-27(25)26/h7-20H,5-6,21H2,1-4H3/b30-20+,34-33?. The van der Waals surface area contributed by atoms with Gasteiger partial charge in [-0.05, 0) is 90.7 Å². The van der Waals surface area contributed by atoms with Gasteiger partial charge in [-0.25, -0.2) is 4.99 Å². The average Bonchev–Trinajstić information content (AvgIpc) is 3.23. The van der Waals surface area contributed by atoms with Gasteiger partial charge < -0.3 is 9.47 Å². The quantitative estimate of drug-likeness (QED) is 0.214. The van der Waals surface area contributed by atoms with Gasteiger partial charge in [0.05, 0.1) is 17.2 Å². The molecule has 1 aliphatic heterocycles. The first kappa shape index (κ1) is 26.6. The molecule has 5 nitrogen and oxygen atoms in total. The van der Waals surface area contributed by atoms with Crippen LogP contribution in [0.2, 0.25) is 0 Å². The zero-order valence-corrected chi connectivity index (χ0v) is 23.5. The third kappa shape index (κ3) is 5.71. The number of nitrogens with zero attached hydrogens (tertiary/aromatic N) is 2. The van der Waals surface area contributed by atoms with Gasteiger partial charge >= 0.3 is 0 Å². The van der Waals surface area contributed by atoms with E-state index in [1.165, 1.54) is 22.5 Å². The number of hydrogen-bond acceptors (Lipinski definition) is 5. The van der Waals surface area contributed by atoms with Gasteiger partial charge in [0.1, 0.15) is 6.61 Å². The van der Waals surface area contributed by atoms with E-state index in [0.29, 0.717) is 41.3 Å². The highest BCUT2D eigenvalue weighted by molar-refractivity contribution is 8.18. The first-order chi connectivity index (χ1) is 19.0. The van der Waals surface area contributed by atoms with Crippen molar-refractivity contribution in [1.82, 2.24) is 4.90 Å². The lowest BCUT2D eigenvalue weighted by molar-refractivity contribution is -0.122. The number of thioether (sulfide) groups is 1. The predicted molar refractivity (Wildman–Crippen MR) is 162 cm³/mol. The number of hydrogen-bond donors (Lipinski definition) is 0. The molecule has 0 bridgehead atoms. The molecule has 1 saturated heterocycles. The fourth-order valence-corrected chi connectivity index (χ4v) is 5.72. The molecule has 5 rings (SSSR count). The molecule has 0 unspecified atom stereocenters. The molecule has 0 aromatic heterocycles. The van der Waals surface area contributed by atoms with Crippen LogP contribution in [-0.2, 0) is 11.4 Å². The van der Waals surface area contributed by atoms with Crippen LogP contribution in [0.1, 0.15) is 36.1 Å². The van der Waals surface area contributed by atoms with Gasteiger partial charge in [0.2, 0.25) is 0 Å². The smallest absolute Gasteiger partial charge is 0.266 e. The van der Waals surface area contributed by atoms with Crippen LogP contribution >= 0.6 is 11.8 Å². The maximum atomic E-state index is 13.3. The second kappa shape index (κ2) is 11.8. The number of rotatable bonds is 8. The van der Waals surface area contributed by atoms with E-state index >= 15 is 0 Å². The van der Waals surface area contributed by atoms with E-state index in [4.69, 9.17) is 14.5 Å². The maximum Gasteiger partial charge on any atom is 0.266 e. The number of aliphatic imine (C=N–C) groups is 1. The molecule has 0 spiro atoms. The number of likely N-dealkylation sites (N-methyl/N-ethyl adjacent to an activating group) is 1. The lowest BCUT2D eigenvalue weighted by Crippen LogP contribution is -2.28. The van der Waals surface area contributed by atoms with Crippen molar-refractivity contribution in [1.29, 1.82) is 0 Å². The highest BCUT2D eigenvalue weighted by atomic mass is 32.2. The molecule has 4 aromatic rings. The maximum absolute atomic E-state index is 13.3. The molecule has 0 radical (unpaired) electrons. The van der Waals surface area contributed by atoms with Crippen molar-refractivity contribution in [2.75, 3.05) is 13.2 Å². The van der Waals surface area contributed by atoms with Gasteiger partial charge in [-0.15, -0.1) is 0 Å². The number of ether oxygens (including phenoxy) is 2. The summed E-state index contributed by atoms with van der Waals surface area (Å²) >= 11 is 1.41. The minimum atomic E-state index is -0.0401. The molecular formula is C33H32N2O3S. The van der Waals surface area contributed by atoms with Crippen molar-refractivity contribution >= 4 is 45.4 Å². The summed E-state index contributed by atoms with van der Waals surface area (Å²) in [7, 11) is 0. The summed E-state index contributed by atoms with van der Waals surface area (Å²) in [4.78, 5) is 20.5. The third-order valence-electron chi connectivity index (χ3n) is 6.68. The molecule has 4 aromatic carbocycles. The SMILES string of the molecule is CCOc1cc(/C=C2/SC(=Nc3c(C)cccc3C)N(CC)C2=O)ccc1OCc1cccc2ccccc12. The van der Waals surface area contributed by atoms with Gasteiger partial charge in [0.15, 0.2) is 16.7 Å². The summed E-state index contributed by atoms with van der Waals surface area (Å²) < 4.78 is 12.2. The Kier molecular flexibility index (Phi) is 8.03. The van der Waals surface area contributed by atoms with Gasteiger partial charge in [-0.1, -0.05) is 66.7 Å². The van der Waals surface area contributed by atoms with Crippen LogP contribution in [0, 0.1) is 13.8 Å². The molecular weight excluding hydrogens is 504 g/mol. The van der Waals surface area contributed by atoms with E-state index in [9.17, 15) is 4.79 Å². The Morgan fingerprint density at radius 2 is 1.62 bits per heavy atom. The van der Waals surface area contributed by atoms with Crippen LogP contribution in [0.5, 0.6) is 11.5 Å². The van der Waals surface area contributed by atoms with E-state index in [1.54, 1.807) is 4.90 Å². The molecule has 0 aliphatic carbocycles. The van der Waals surface area contributed by atoms with Crippen molar-refractivity contribution in [2.45, 2.75) is 34.3 Å². The number of aryl methyl sites for hydroxylation is 2. The van der Waals surface area contributed by atoms with Crippen molar-refractivity contribution in [3.63, 3.8) is 0 Å². The normalized spacial score (nSPS) is 15.5. The molecule has 0 atom stereocenters. The second-order valence-corrected chi connectivity index (χ2v) is 10.4. The molecule has 39 heavy (non-hydrogen) atoms. The van der Waals surface area contributed by atoms with Crippen molar-refractivity contribution in [2.24, 2.45) is 4.99 Å². The molecule has 1 amide bonds. The van der Waals surface area contributed by atoms with Crippen LogP contribution in [0.15, 0.2) is 88.8 Å². The number of carbonyl (C=O) groups is 1. The van der Waals surface area contributed by atoms with Crippen LogP contribution in [0.4, 0.5) is 5.69 Å². The number of amides is 1. The molecule has 198 valence electrons. The lowest BCUT2D eigenvalue weighted by Gasteiger charge is -2.14. The van der Waals surface area contributed by atoms with Crippen LogP contribution in [-0.4, -0.2) is 29.1 Å². The highest BCUT2D eigenvalue weighted by Gasteiger charge is 2.32. The third-order valence-corrected chi connectivity index (χ3v) is 7.69. The Hall–Kier alpha value is -4.03. The average molecular weight is 537 g/mol. The first-order valence-corrected chi connectivity index (χ1v) is 14.0. The van der Waals surface area contributed by atoms with Gasteiger partial charge in [-0.2, -0.15) is 0 Å². The lowest BCUT2D eigenvalue weighted by atomic mass is 10.1. The first-order valence-electron chi connectivity index (χ1n) is 13.2. The number of carbonyl (C=O) groups excluding carboxylic acids is 1. The second-order valence-electron chi connectivity index (χ2n) is 9.36. The Labute approximate surface area is 234 Å². The summed E-state index contributed by atoms with van der Waals surface area (Å²) in [6.45, 7) is 9.49. The number of amidine groups is 1. The predicted octanol–water partition coefficient (Wildman–Crippen LogP) is 8.06. The van der Waals surface area contributed by atoms with Gasteiger partial charge in [0, 0.05) is 6.54 Å². The minimum absolute atomic E-state index is 0.0401. The Morgan fingerprint density at radius 1 is 0.872 bits per heavy atom. The van der Waals surface area contributed by atoms with Crippen LogP contribution < -0.4 is 9.47 Å². The summed E-state index contributed by atoms with van der Waals surface area (Å²) in [5, 5.41) is 3.06. The molecule has 1 heterocycles. The van der Waals surface area contributed by atoms with E-state index in [0.717, 1.165) is 27.9 Å².